The Morgan fingerprint density at radius 3 is 2.48 bits per heavy atom. The summed E-state index contributed by atoms with van der Waals surface area (Å²) < 4.78 is 11.0. The standard InChI is InChI=1S/C20H30N2O3/c1-16(2)21-10-12-22(13-11-21)18-8-6-17(7-9-18)20(23)25-15-19-5-3-4-14-24-19/h6-9,16,19H,3-5,10-15H2,1-2H3/t19-/m1/s1. The molecule has 25 heavy (non-hydrogen) atoms. The van der Waals surface area contributed by atoms with Gasteiger partial charge in [-0.2, -0.15) is 0 Å². The summed E-state index contributed by atoms with van der Waals surface area (Å²) in [5, 5.41) is 0. The van der Waals surface area contributed by atoms with Crippen LogP contribution < -0.4 is 4.90 Å². The maximum Gasteiger partial charge on any atom is 0.338 e. The third-order valence-electron chi connectivity index (χ3n) is 5.19. The van der Waals surface area contributed by atoms with Gasteiger partial charge in [0.2, 0.25) is 0 Å². The van der Waals surface area contributed by atoms with Crippen molar-refractivity contribution in [1.82, 2.24) is 4.90 Å². The molecule has 3 rings (SSSR count). The van der Waals surface area contributed by atoms with Crippen LogP contribution >= 0.6 is 0 Å². The highest BCUT2D eigenvalue weighted by Crippen LogP contribution is 2.19. The summed E-state index contributed by atoms with van der Waals surface area (Å²) in [6, 6.07) is 8.40. The second-order valence-corrected chi connectivity index (χ2v) is 7.25. The van der Waals surface area contributed by atoms with E-state index in [2.05, 4.69) is 23.6 Å². The van der Waals surface area contributed by atoms with Crippen molar-refractivity contribution < 1.29 is 14.3 Å². The Labute approximate surface area is 150 Å². The van der Waals surface area contributed by atoms with Crippen LogP contribution in [0.2, 0.25) is 0 Å². The molecule has 0 aromatic heterocycles. The van der Waals surface area contributed by atoms with E-state index in [4.69, 9.17) is 9.47 Å². The molecule has 0 N–H and O–H groups in total. The minimum Gasteiger partial charge on any atom is -0.459 e. The van der Waals surface area contributed by atoms with Crippen molar-refractivity contribution in [2.24, 2.45) is 0 Å². The van der Waals surface area contributed by atoms with Crippen molar-refractivity contribution in [2.75, 3.05) is 44.3 Å². The lowest BCUT2D eigenvalue weighted by Crippen LogP contribution is -2.48. The number of nitrogens with zero attached hydrogens (tertiary/aromatic N) is 2. The maximum absolute atomic E-state index is 12.2. The number of rotatable bonds is 5. The van der Waals surface area contributed by atoms with Gasteiger partial charge in [0.15, 0.2) is 0 Å². The fraction of sp³-hybridized carbons (Fsp3) is 0.650. The number of carbonyl (C=O) groups is 1. The summed E-state index contributed by atoms with van der Waals surface area (Å²) in [6.45, 7) is 9.86. The van der Waals surface area contributed by atoms with Gasteiger partial charge >= 0.3 is 5.97 Å². The number of hydrogen-bond acceptors (Lipinski definition) is 5. The average Bonchev–Trinajstić information content (AvgIpc) is 2.67. The zero-order chi connectivity index (χ0) is 17.6. The smallest absolute Gasteiger partial charge is 0.338 e. The van der Waals surface area contributed by atoms with Gasteiger partial charge < -0.3 is 14.4 Å². The average molecular weight is 346 g/mol. The van der Waals surface area contributed by atoms with E-state index in [1.165, 1.54) is 5.69 Å². The fourth-order valence-electron chi connectivity index (χ4n) is 3.50. The van der Waals surface area contributed by atoms with E-state index >= 15 is 0 Å². The molecule has 0 radical (unpaired) electrons. The Morgan fingerprint density at radius 1 is 1.16 bits per heavy atom. The lowest BCUT2D eigenvalue weighted by atomic mass is 10.1. The van der Waals surface area contributed by atoms with Crippen LogP contribution in [-0.2, 0) is 9.47 Å². The number of hydrogen-bond donors (Lipinski definition) is 0. The van der Waals surface area contributed by atoms with E-state index in [1.807, 2.05) is 24.3 Å². The summed E-state index contributed by atoms with van der Waals surface area (Å²) >= 11 is 0. The summed E-state index contributed by atoms with van der Waals surface area (Å²) in [6.07, 6.45) is 3.31. The summed E-state index contributed by atoms with van der Waals surface area (Å²) in [7, 11) is 0. The first-order valence-electron chi connectivity index (χ1n) is 9.51. The molecular weight excluding hydrogens is 316 g/mol. The third kappa shape index (κ3) is 4.95. The van der Waals surface area contributed by atoms with Crippen molar-refractivity contribution in [3.05, 3.63) is 29.8 Å². The SMILES string of the molecule is CC(C)N1CCN(c2ccc(C(=O)OC[C@H]3CCCCO3)cc2)CC1. The predicted molar refractivity (Wildman–Crippen MR) is 99.2 cm³/mol. The number of esters is 1. The molecule has 2 aliphatic rings. The number of benzene rings is 1. The van der Waals surface area contributed by atoms with Gasteiger partial charge in [-0.05, 0) is 57.4 Å². The van der Waals surface area contributed by atoms with E-state index in [-0.39, 0.29) is 12.1 Å². The molecule has 0 saturated carbocycles. The summed E-state index contributed by atoms with van der Waals surface area (Å²) in [4.78, 5) is 17.1. The normalized spacial score (nSPS) is 22.2. The molecule has 0 bridgehead atoms. The van der Waals surface area contributed by atoms with Crippen LogP contribution in [0.25, 0.3) is 0 Å². The van der Waals surface area contributed by atoms with Gasteiger partial charge in [0.05, 0.1) is 11.7 Å². The fourth-order valence-corrected chi connectivity index (χ4v) is 3.50. The van der Waals surface area contributed by atoms with Crippen LogP contribution in [0.15, 0.2) is 24.3 Å². The van der Waals surface area contributed by atoms with Gasteiger partial charge in [0, 0.05) is 44.5 Å². The Kier molecular flexibility index (Phi) is 6.32. The molecule has 0 spiro atoms. The molecule has 2 fully saturated rings. The predicted octanol–water partition coefficient (Wildman–Crippen LogP) is 2.94. The largest absolute Gasteiger partial charge is 0.459 e. The zero-order valence-corrected chi connectivity index (χ0v) is 15.4. The Morgan fingerprint density at radius 2 is 1.88 bits per heavy atom. The number of ether oxygens (including phenoxy) is 2. The highest BCUT2D eigenvalue weighted by molar-refractivity contribution is 5.89. The van der Waals surface area contributed by atoms with E-state index in [0.29, 0.717) is 18.2 Å². The first kappa shape index (κ1) is 18.2. The van der Waals surface area contributed by atoms with Crippen LogP contribution in [0.3, 0.4) is 0 Å². The first-order chi connectivity index (χ1) is 12.1. The molecule has 1 aromatic rings. The number of anilines is 1. The lowest BCUT2D eigenvalue weighted by Gasteiger charge is -2.38. The lowest BCUT2D eigenvalue weighted by molar-refractivity contribution is -0.0300. The van der Waals surface area contributed by atoms with Crippen LogP contribution in [-0.4, -0.2) is 62.4 Å². The van der Waals surface area contributed by atoms with Crippen molar-refractivity contribution in [3.63, 3.8) is 0 Å². The van der Waals surface area contributed by atoms with E-state index in [1.54, 1.807) is 0 Å². The molecule has 1 atom stereocenters. The van der Waals surface area contributed by atoms with Gasteiger partial charge in [0.25, 0.3) is 0 Å². The molecule has 0 aliphatic carbocycles. The molecule has 2 heterocycles. The van der Waals surface area contributed by atoms with Crippen LogP contribution in [0.4, 0.5) is 5.69 Å². The molecule has 0 amide bonds. The third-order valence-corrected chi connectivity index (χ3v) is 5.19. The second-order valence-electron chi connectivity index (χ2n) is 7.25. The highest BCUT2D eigenvalue weighted by atomic mass is 16.6. The van der Waals surface area contributed by atoms with E-state index in [9.17, 15) is 4.79 Å². The van der Waals surface area contributed by atoms with Gasteiger partial charge in [-0.3, -0.25) is 4.90 Å². The molecular formula is C20H30N2O3. The molecule has 138 valence electrons. The van der Waals surface area contributed by atoms with Crippen LogP contribution in [0.5, 0.6) is 0 Å². The molecule has 0 unspecified atom stereocenters. The van der Waals surface area contributed by atoms with E-state index < -0.39 is 0 Å². The van der Waals surface area contributed by atoms with Crippen molar-refractivity contribution in [3.8, 4) is 0 Å². The number of carbonyl (C=O) groups excluding carboxylic acids is 1. The van der Waals surface area contributed by atoms with Gasteiger partial charge in [-0.15, -0.1) is 0 Å². The van der Waals surface area contributed by atoms with Crippen LogP contribution in [0.1, 0.15) is 43.5 Å². The molecule has 2 saturated heterocycles. The molecule has 5 heteroatoms. The molecule has 5 nitrogen and oxygen atoms in total. The van der Waals surface area contributed by atoms with Crippen molar-refractivity contribution in [1.29, 1.82) is 0 Å². The first-order valence-corrected chi connectivity index (χ1v) is 9.51. The highest BCUT2D eigenvalue weighted by Gasteiger charge is 2.20. The van der Waals surface area contributed by atoms with Gasteiger partial charge in [0.1, 0.15) is 6.61 Å². The van der Waals surface area contributed by atoms with Crippen LogP contribution in [0, 0.1) is 0 Å². The monoisotopic (exact) mass is 346 g/mol. The molecule has 1 aromatic carbocycles. The zero-order valence-electron chi connectivity index (χ0n) is 15.4. The molecule has 2 aliphatic heterocycles. The summed E-state index contributed by atoms with van der Waals surface area (Å²) in [5.74, 6) is -0.259. The summed E-state index contributed by atoms with van der Waals surface area (Å²) in [5.41, 5.74) is 1.79. The van der Waals surface area contributed by atoms with E-state index in [0.717, 1.165) is 52.0 Å². The quantitative estimate of drug-likeness (QED) is 0.767. The van der Waals surface area contributed by atoms with Gasteiger partial charge in [-0.25, -0.2) is 4.79 Å². The van der Waals surface area contributed by atoms with Crippen molar-refractivity contribution in [2.45, 2.75) is 45.3 Å². The minimum atomic E-state index is -0.259. The Bertz CT molecular complexity index is 545. The van der Waals surface area contributed by atoms with Crippen molar-refractivity contribution >= 4 is 11.7 Å². The minimum absolute atomic E-state index is 0.0641. The number of piperazine rings is 1. The van der Waals surface area contributed by atoms with Gasteiger partial charge in [-0.1, -0.05) is 0 Å². The maximum atomic E-state index is 12.2. The Balaban J connectivity index is 1.49. The second kappa shape index (κ2) is 8.68. The topological polar surface area (TPSA) is 42.0 Å². The Hall–Kier alpha value is -1.59.